The zero-order chi connectivity index (χ0) is 17.1. The van der Waals surface area contributed by atoms with Crippen LogP contribution < -0.4 is 15.9 Å². The molecule has 0 aliphatic carbocycles. The molecule has 0 spiro atoms. The number of para-hydroxylation sites is 1. The summed E-state index contributed by atoms with van der Waals surface area (Å²) in [6.45, 7) is 0.297. The standard InChI is InChI=1S/C17H12FN3O3/c18-13-3-1-2-4-15(13)24-8-7-21-6-5-14-12(17(21)23)9-11(10-19)16(22)20-14/h1-6,9H,7-8H2,(H,20,22). The molecule has 3 aromatic rings. The van der Waals surface area contributed by atoms with Crippen molar-refractivity contribution >= 4 is 10.9 Å². The summed E-state index contributed by atoms with van der Waals surface area (Å²) in [6, 6.07) is 10.6. The molecule has 1 aromatic carbocycles. The number of benzene rings is 1. The molecule has 24 heavy (non-hydrogen) atoms. The van der Waals surface area contributed by atoms with Crippen LogP contribution in [0.3, 0.4) is 0 Å². The summed E-state index contributed by atoms with van der Waals surface area (Å²) in [5.41, 5.74) is -0.669. The molecule has 3 rings (SSSR count). The van der Waals surface area contributed by atoms with E-state index in [1.54, 1.807) is 24.3 Å². The first-order valence-electron chi connectivity index (χ1n) is 7.14. The largest absolute Gasteiger partial charge is 0.489 e. The third-order valence-corrected chi connectivity index (χ3v) is 3.53. The number of nitriles is 1. The number of aromatic amines is 1. The van der Waals surface area contributed by atoms with Gasteiger partial charge in [0.15, 0.2) is 11.6 Å². The lowest BCUT2D eigenvalue weighted by Gasteiger charge is -2.09. The van der Waals surface area contributed by atoms with Gasteiger partial charge in [-0.15, -0.1) is 0 Å². The van der Waals surface area contributed by atoms with Crippen LogP contribution >= 0.6 is 0 Å². The van der Waals surface area contributed by atoms with Crippen LogP contribution in [0.15, 0.2) is 52.2 Å². The second-order valence-electron chi connectivity index (χ2n) is 5.04. The monoisotopic (exact) mass is 325 g/mol. The molecule has 0 bridgehead atoms. The second kappa shape index (κ2) is 6.38. The summed E-state index contributed by atoms with van der Waals surface area (Å²) in [7, 11) is 0. The normalized spacial score (nSPS) is 10.5. The Morgan fingerprint density at radius 3 is 2.79 bits per heavy atom. The van der Waals surface area contributed by atoms with Gasteiger partial charge in [-0.3, -0.25) is 9.59 Å². The van der Waals surface area contributed by atoms with Crippen molar-refractivity contribution in [1.82, 2.24) is 9.55 Å². The van der Waals surface area contributed by atoms with E-state index in [4.69, 9.17) is 10.00 Å². The molecule has 0 fully saturated rings. The molecule has 0 radical (unpaired) electrons. The van der Waals surface area contributed by atoms with Crippen molar-refractivity contribution in [3.8, 4) is 11.8 Å². The number of hydrogen-bond acceptors (Lipinski definition) is 4. The molecule has 120 valence electrons. The van der Waals surface area contributed by atoms with Crippen molar-refractivity contribution in [3.63, 3.8) is 0 Å². The van der Waals surface area contributed by atoms with Gasteiger partial charge in [0, 0.05) is 6.20 Å². The molecule has 0 aliphatic rings. The Labute approximate surface area is 135 Å². The molecular weight excluding hydrogens is 313 g/mol. The van der Waals surface area contributed by atoms with Crippen molar-refractivity contribution < 1.29 is 9.13 Å². The Hall–Kier alpha value is -3.40. The molecule has 6 nitrogen and oxygen atoms in total. The molecule has 0 unspecified atom stereocenters. The Morgan fingerprint density at radius 2 is 2.04 bits per heavy atom. The summed E-state index contributed by atoms with van der Waals surface area (Å²) in [4.78, 5) is 26.5. The number of H-pyrrole nitrogens is 1. The van der Waals surface area contributed by atoms with Crippen molar-refractivity contribution in [2.24, 2.45) is 0 Å². The Kier molecular flexibility index (Phi) is 4.12. The van der Waals surface area contributed by atoms with Gasteiger partial charge in [-0.25, -0.2) is 4.39 Å². The maximum Gasteiger partial charge on any atom is 0.266 e. The quantitative estimate of drug-likeness (QED) is 0.792. The highest BCUT2D eigenvalue weighted by Crippen LogP contribution is 2.15. The van der Waals surface area contributed by atoms with Crippen LogP contribution in [0.5, 0.6) is 5.75 Å². The fourth-order valence-electron chi connectivity index (χ4n) is 2.31. The minimum atomic E-state index is -0.537. The molecule has 1 N–H and O–H groups in total. The molecule has 7 heteroatoms. The van der Waals surface area contributed by atoms with E-state index in [2.05, 4.69) is 4.98 Å². The fraction of sp³-hybridized carbons (Fsp3) is 0.118. The third-order valence-electron chi connectivity index (χ3n) is 3.53. The van der Waals surface area contributed by atoms with E-state index >= 15 is 0 Å². The smallest absolute Gasteiger partial charge is 0.266 e. The molecule has 2 aromatic heterocycles. The highest BCUT2D eigenvalue weighted by molar-refractivity contribution is 5.78. The lowest BCUT2D eigenvalue weighted by Crippen LogP contribution is -2.24. The number of aromatic nitrogens is 2. The Bertz CT molecular complexity index is 1060. The lowest BCUT2D eigenvalue weighted by atomic mass is 10.2. The summed E-state index contributed by atoms with van der Waals surface area (Å²) in [5, 5.41) is 9.13. The number of nitrogens with one attached hydrogen (secondary N) is 1. The predicted octanol–water partition coefficient (Wildman–Crippen LogP) is 1.78. The van der Waals surface area contributed by atoms with Gasteiger partial charge in [-0.1, -0.05) is 12.1 Å². The Balaban J connectivity index is 1.85. The lowest BCUT2D eigenvalue weighted by molar-refractivity contribution is 0.283. The van der Waals surface area contributed by atoms with Crippen LogP contribution in [-0.2, 0) is 6.54 Å². The van der Waals surface area contributed by atoms with Crippen LogP contribution in [0.2, 0.25) is 0 Å². The van der Waals surface area contributed by atoms with Gasteiger partial charge < -0.3 is 14.3 Å². The SMILES string of the molecule is N#Cc1cc2c(=O)n(CCOc3ccccc3F)ccc2[nH]c1=O. The van der Waals surface area contributed by atoms with Crippen molar-refractivity contribution in [2.45, 2.75) is 6.54 Å². The molecule has 2 heterocycles. The van der Waals surface area contributed by atoms with E-state index in [9.17, 15) is 14.0 Å². The first-order chi connectivity index (χ1) is 11.6. The predicted molar refractivity (Wildman–Crippen MR) is 85.4 cm³/mol. The average Bonchev–Trinajstić information content (AvgIpc) is 2.58. The van der Waals surface area contributed by atoms with Crippen LogP contribution in [0, 0.1) is 17.1 Å². The fourth-order valence-corrected chi connectivity index (χ4v) is 2.31. The molecule has 0 amide bonds. The van der Waals surface area contributed by atoms with Gasteiger partial charge in [0.2, 0.25) is 0 Å². The maximum atomic E-state index is 13.5. The summed E-state index contributed by atoms with van der Waals surface area (Å²) < 4.78 is 20.2. The minimum absolute atomic E-state index is 0.0980. The number of hydrogen-bond donors (Lipinski definition) is 1. The number of pyridine rings is 2. The molecule has 0 saturated heterocycles. The van der Waals surface area contributed by atoms with Crippen LogP contribution in [-0.4, -0.2) is 16.2 Å². The molecule has 0 atom stereocenters. The average molecular weight is 325 g/mol. The van der Waals surface area contributed by atoms with E-state index in [1.165, 1.54) is 29.0 Å². The first-order valence-corrected chi connectivity index (χ1v) is 7.14. The summed E-state index contributed by atoms with van der Waals surface area (Å²) in [5.74, 6) is -0.359. The van der Waals surface area contributed by atoms with Crippen molar-refractivity contribution in [1.29, 1.82) is 5.26 Å². The molecular formula is C17H12FN3O3. The van der Waals surface area contributed by atoms with Crippen LogP contribution in [0.25, 0.3) is 10.9 Å². The minimum Gasteiger partial charge on any atom is -0.489 e. The number of rotatable bonds is 4. The van der Waals surface area contributed by atoms with E-state index in [1.807, 2.05) is 0 Å². The van der Waals surface area contributed by atoms with E-state index in [-0.39, 0.29) is 35.4 Å². The number of nitrogens with zero attached hydrogens (tertiary/aromatic N) is 2. The number of halogens is 1. The van der Waals surface area contributed by atoms with Gasteiger partial charge in [-0.05, 0) is 24.3 Å². The molecule has 0 aliphatic heterocycles. The van der Waals surface area contributed by atoms with Crippen molar-refractivity contribution in [3.05, 3.63) is 74.7 Å². The van der Waals surface area contributed by atoms with Crippen molar-refractivity contribution in [2.75, 3.05) is 6.61 Å². The van der Waals surface area contributed by atoms with Gasteiger partial charge in [-0.2, -0.15) is 5.26 Å². The highest BCUT2D eigenvalue weighted by Gasteiger charge is 2.08. The van der Waals surface area contributed by atoms with E-state index in [0.29, 0.717) is 5.52 Å². The van der Waals surface area contributed by atoms with Gasteiger partial charge in [0.25, 0.3) is 11.1 Å². The van der Waals surface area contributed by atoms with Crippen LogP contribution in [0.1, 0.15) is 5.56 Å². The van der Waals surface area contributed by atoms with Gasteiger partial charge >= 0.3 is 0 Å². The molecule has 0 saturated carbocycles. The second-order valence-corrected chi connectivity index (χ2v) is 5.04. The topological polar surface area (TPSA) is 87.9 Å². The number of ether oxygens (including phenoxy) is 1. The van der Waals surface area contributed by atoms with E-state index in [0.717, 1.165) is 0 Å². The van der Waals surface area contributed by atoms with Gasteiger partial charge in [0.05, 0.1) is 17.4 Å². The zero-order valence-electron chi connectivity index (χ0n) is 12.5. The first kappa shape index (κ1) is 15.5. The maximum absolute atomic E-state index is 13.5. The Morgan fingerprint density at radius 1 is 1.25 bits per heavy atom. The number of fused-ring (bicyclic) bond motifs is 1. The summed E-state index contributed by atoms with van der Waals surface area (Å²) in [6.07, 6.45) is 1.51. The third kappa shape index (κ3) is 2.90. The van der Waals surface area contributed by atoms with Gasteiger partial charge in [0.1, 0.15) is 18.2 Å². The van der Waals surface area contributed by atoms with E-state index < -0.39 is 11.4 Å². The van der Waals surface area contributed by atoms with Crippen LogP contribution in [0.4, 0.5) is 4.39 Å². The highest BCUT2D eigenvalue weighted by atomic mass is 19.1. The zero-order valence-corrected chi connectivity index (χ0v) is 12.5. The summed E-state index contributed by atoms with van der Waals surface area (Å²) >= 11 is 0.